The second-order valence-corrected chi connectivity index (χ2v) is 4.08. The van der Waals surface area contributed by atoms with Crippen molar-refractivity contribution in [1.29, 1.82) is 0 Å². The van der Waals surface area contributed by atoms with Crippen molar-refractivity contribution in [3.63, 3.8) is 0 Å². The van der Waals surface area contributed by atoms with E-state index < -0.39 is 0 Å². The fraction of sp³-hybridized carbons (Fsp3) is 0.700. The first kappa shape index (κ1) is 9.68. The van der Waals surface area contributed by atoms with E-state index in [4.69, 9.17) is 0 Å². The van der Waals surface area contributed by atoms with E-state index in [1.54, 1.807) is 0 Å². The van der Waals surface area contributed by atoms with Gasteiger partial charge in [-0.2, -0.15) is 0 Å². The molecule has 1 aromatic rings. The summed E-state index contributed by atoms with van der Waals surface area (Å²) in [6, 6.07) is 0.604. The predicted molar refractivity (Wildman–Crippen MR) is 56.1 cm³/mol. The molecule has 0 aliphatic carbocycles. The van der Waals surface area contributed by atoms with Gasteiger partial charge in [0.15, 0.2) is 0 Å². The fourth-order valence-corrected chi connectivity index (χ4v) is 1.95. The van der Waals surface area contributed by atoms with Crippen molar-refractivity contribution in [2.24, 2.45) is 0 Å². The molecule has 78 valence electrons. The van der Waals surface area contributed by atoms with Crippen molar-refractivity contribution in [3.05, 3.63) is 17.7 Å². The van der Waals surface area contributed by atoms with Gasteiger partial charge in [-0.25, -0.2) is 4.98 Å². The van der Waals surface area contributed by atoms with Crippen molar-refractivity contribution in [2.45, 2.75) is 26.4 Å². The van der Waals surface area contributed by atoms with Crippen LogP contribution in [0.4, 0.5) is 0 Å². The van der Waals surface area contributed by atoms with Crippen LogP contribution in [0.25, 0.3) is 0 Å². The molecule has 1 aromatic heterocycles. The molecule has 2 rings (SSSR count). The lowest BCUT2D eigenvalue weighted by atomic mass is 10.2. The minimum atomic E-state index is 0.604. The van der Waals surface area contributed by atoms with Crippen LogP contribution < -0.4 is 5.32 Å². The van der Waals surface area contributed by atoms with Crippen LogP contribution in [-0.4, -0.2) is 40.5 Å². The summed E-state index contributed by atoms with van der Waals surface area (Å²) in [6.45, 7) is 8.55. The van der Waals surface area contributed by atoms with Crippen LogP contribution in [0, 0.1) is 6.92 Å². The largest absolute Gasteiger partial charge is 0.345 e. The van der Waals surface area contributed by atoms with E-state index in [2.05, 4.69) is 27.1 Å². The van der Waals surface area contributed by atoms with Crippen LogP contribution in [0.2, 0.25) is 0 Å². The Morgan fingerprint density at radius 2 is 2.50 bits per heavy atom. The summed E-state index contributed by atoms with van der Waals surface area (Å²) >= 11 is 0. The molecular formula is C10H18N4. The number of imidazole rings is 1. The Morgan fingerprint density at radius 3 is 3.14 bits per heavy atom. The monoisotopic (exact) mass is 194 g/mol. The lowest BCUT2D eigenvalue weighted by Gasteiger charge is -2.31. The Bertz CT molecular complexity index is 294. The third kappa shape index (κ3) is 2.33. The topological polar surface area (TPSA) is 44.0 Å². The van der Waals surface area contributed by atoms with Crippen LogP contribution in [0.5, 0.6) is 0 Å². The van der Waals surface area contributed by atoms with Crippen LogP contribution in [0.1, 0.15) is 18.4 Å². The van der Waals surface area contributed by atoms with Gasteiger partial charge in [-0.05, 0) is 13.8 Å². The number of aromatic nitrogens is 2. The fourth-order valence-electron chi connectivity index (χ4n) is 1.95. The Labute approximate surface area is 84.7 Å². The quantitative estimate of drug-likeness (QED) is 0.721. The average Bonchev–Trinajstić information content (AvgIpc) is 2.51. The summed E-state index contributed by atoms with van der Waals surface area (Å²) in [7, 11) is 0. The molecule has 4 nitrogen and oxygen atoms in total. The van der Waals surface area contributed by atoms with Crippen LogP contribution in [-0.2, 0) is 6.54 Å². The number of aromatic amines is 1. The molecule has 1 atom stereocenters. The summed E-state index contributed by atoms with van der Waals surface area (Å²) in [5, 5.41) is 3.44. The van der Waals surface area contributed by atoms with E-state index in [1.165, 1.54) is 5.69 Å². The van der Waals surface area contributed by atoms with E-state index in [1.807, 2.05) is 13.1 Å². The third-order valence-electron chi connectivity index (χ3n) is 2.60. The van der Waals surface area contributed by atoms with Crippen molar-refractivity contribution < 1.29 is 0 Å². The lowest BCUT2D eigenvalue weighted by Crippen LogP contribution is -2.48. The predicted octanol–water partition coefficient (Wildman–Crippen LogP) is 0.512. The summed E-state index contributed by atoms with van der Waals surface area (Å²) in [5.74, 6) is 1.00. The van der Waals surface area contributed by atoms with E-state index in [9.17, 15) is 0 Å². The highest BCUT2D eigenvalue weighted by molar-refractivity contribution is 5.00. The van der Waals surface area contributed by atoms with Crippen LogP contribution in [0.3, 0.4) is 0 Å². The molecular weight excluding hydrogens is 176 g/mol. The Kier molecular flexibility index (Phi) is 2.84. The molecule has 0 spiro atoms. The zero-order valence-corrected chi connectivity index (χ0v) is 8.88. The van der Waals surface area contributed by atoms with Gasteiger partial charge in [0, 0.05) is 44.1 Å². The Morgan fingerprint density at radius 1 is 1.64 bits per heavy atom. The molecule has 14 heavy (non-hydrogen) atoms. The van der Waals surface area contributed by atoms with Gasteiger partial charge in [-0.1, -0.05) is 0 Å². The van der Waals surface area contributed by atoms with Crippen LogP contribution in [0.15, 0.2) is 6.20 Å². The molecule has 1 fully saturated rings. The molecule has 2 heterocycles. The summed E-state index contributed by atoms with van der Waals surface area (Å²) < 4.78 is 0. The normalized spacial score (nSPS) is 24.0. The van der Waals surface area contributed by atoms with Gasteiger partial charge in [0.1, 0.15) is 5.82 Å². The maximum absolute atomic E-state index is 4.20. The second kappa shape index (κ2) is 4.11. The van der Waals surface area contributed by atoms with Gasteiger partial charge >= 0.3 is 0 Å². The van der Waals surface area contributed by atoms with Gasteiger partial charge in [0.2, 0.25) is 0 Å². The maximum atomic E-state index is 4.20. The number of hydrogen-bond donors (Lipinski definition) is 2. The summed E-state index contributed by atoms with van der Waals surface area (Å²) in [5.41, 5.74) is 1.22. The molecule has 1 aliphatic rings. The minimum absolute atomic E-state index is 0.604. The van der Waals surface area contributed by atoms with Gasteiger partial charge in [0.25, 0.3) is 0 Å². The SMILES string of the molecule is Cc1ncc(CN2CCN[C@@H](C)C2)[nH]1. The molecule has 2 N–H and O–H groups in total. The number of rotatable bonds is 2. The lowest BCUT2D eigenvalue weighted by molar-refractivity contribution is 0.198. The van der Waals surface area contributed by atoms with Gasteiger partial charge < -0.3 is 10.3 Å². The first-order valence-corrected chi connectivity index (χ1v) is 5.20. The number of H-pyrrole nitrogens is 1. The Hall–Kier alpha value is -0.870. The molecule has 4 heteroatoms. The molecule has 0 radical (unpaired) electrons. The van der Waals surface area contributed by atoms with E-state index in [-0.39, 0.29) is 0 Å². The maximum Gasteiger partial charge on any atom is 0.103 e. The highest BCUT2D eigenvalue weighted by Crippen LogP contribution is 2.05. The number of nitrogens with one attached hydrogen (secondary N) is 2. The van der Waals surface area contributed by atoms with E-state index in [0.29, 0.717) is 6.04 Å². The molecule has 0 amide bonds. The standard InChI is InChI=1S/C10H18N4/c1-8-6-14(4-3-11-8)7-10-5-12-9(2)13-10/h5,8,11H,3-4,6-7H2,1-2H3,(H,12,13)/t8-/m0/s1. The molecule has 0 unspecified atom stereocenters. The first-order chi connectivity index (χ1) is 6.74. The highest BCUT2D eigenvalue weighted by Gasteiger charge is 2.15. The number of hydrogen-bond acceptors (Lipinski definition) is 3. The van der Waals surface area contributed by atoms with E-state index in [0.717, 1.165) is 32.0 Å². The first-order valence-electron chi connectivity index (χ1n) is 5.20. The van der Waals surface area contributed by atoms with Crippen LogP contribution >= 0.6 is 0 Å². The van der Waals surface area contributed by atoms with Gasteiger partial charge in [0.05, 0.1) is 0 Å². The zero-order valence-electron chi connectivity index (χ0n) is 8.88. The molecule has 0 bridgehead atoms. The van der Waals surface area contributed by atoms with Gasteiger partial charge in [-0.3, -0.25) is 4.90 Å². The second-order valence-electron chi connectivity index (χ2n) is 4.08. The average molecular weight is 194 g/mol. The molecule has 1 saturated heterocycles. The van der Waals surface area contributed by atoms with Crippen molar-refractivity contribution in [1.82, 2.24) is 20.2 Å². The summed E-state index contributed by atoms with van der Waals surface area (Å²) in [6.07, 6.45) is 1.93. The van der Waals surface area contributed by atoms with Crippen molar-refractivity contribution >= 4 is 0 Å². The van der Waals surface area contributed by atoms with Gasteiger partial charge in [-0.15, -0.1) is 0 Å². The minimum Gasteiger partial charge on any atom is -0.345 e. The molecule has 0 aromatic carbocycles. The number of piperazine rings is 1. The third-order valence-corrected chi connectivity index (χ3v) is 2.60. The number of aryl methyl sites for hydroxylation is 1. The van der Waals surface area contributed by atoms with Crippen molar-refractivity contribution in [2.75, 3.05) is 19.6 Å². The van der Waals surface area contributed by atoms with E-state index >= 15 is 0 Å². The Balaban J connectivity index is 1.90. The molecule has 1 aliphatic heterocycles. The summed E-state index contributed by atoms with van der Waals surface area (Å²) in [4.78, 5) is 9.92. The molecule has 0 saturated carbocycles. The smallest absolute Gasteiger partial charge is 0.103 e. The highest BCUT2D eigenvalue weighted by atomic mass is 15.2. The zero-order chi connectivity index (χ0) is 9.97. The van der Waals surface area contributed by atoms with Crippen molar-refractivity contribution in [3.8, 4) is 0 Å². The number of nitrogens with zero attached hydrogens (tertiary/aromatic N) is 2.